The van der Waals surface area contributed by atoms with Gasteiger partial charge in [0.25, 0.3) is 0 Å². The summed E-state index contributed by atoms with van der Waals surface area (Å²) < 4.78 is 12.8. The molecule has 228 valence electrons. The molecule has 9 nitrogen and oxygen atoms in total. The minimum absolute atomic E-state index is 0.0463. The molecule has 0 saturated carbocycles. The maximum atomic E-state index is 12.6. The molecule has 1 fully saturated rings. The number of hydrogen-bond acceptors (Lipinski definition) is 7. The number of carboxylic acids is 1. The first-order valence-electron chi connectivity index (χ1n) is 14.4. The van der Waals surface area contributed by atoms with Crippen LogP contribution in [0, 0.1) is 0 Å². The highest BCUT2D eigenvalue weighted by Crippen LogP contribution is 2.40. The summed E-state index contributed by atoms with van der Waals surface area (Å²) in [5.74, 6) is -0.591. The van der Waals surface area contributed by atoms with Gasteiger partial charge in [-0.2, -0.15) is 0 Å². The van der Waals surface area contributed by atoms with Crippen LogP contribution in [-0.4, -0.2) is 46.4 Å². The number of benzene rings is 3. The Labute approximate surface area is 256 Å². The van der Waals surface area contributed by atoms with Gasteiger partial charge < -0.3 is 30.3 Å². The molecule has 0 aliphatic carbocycles. The van der Waals surface area contributed by atoms with Crippen molar-refractivity contribution in [2.75, 3.05) is 17.6 Å². The van der Waals surface area contributed by atoms with E-state index in [-0.39, 0.29) is 36.2 Å². The largest absolute Gasteiger partial charge is 0.478 e. The van der Waals surface area contributed by atoms with Crippen molar-refractivity contribution in [3.63, 3.8) is 0 Å². The van der Waals surface area contributed by atoms with Crippen LogP contribution < -0.4 is 10.6 Å². The molecule has 0 aromatic heterocycles. The fourth-order valence-corrected chi connectivity index (χ4v) is 5.88. The average molecular weight is 607 g/mol. The molecule has 0 bridgehead atoms. The Morgan fingerprint density at radius 3 is 2.47 bits per heavy atom. The lowest BCUT2D eigenvalue weighted by molar-refractivity contribution is -0.245. The van der Waals surface area contributed by atoms with E-state index in [4.69, 9.17) is 9.47 Å². The summed E-state index contributed by atoms with van der Waals surface area (Å²) in [6, 6.07) is 21.9. The van der Waals surface area contributed by atoms with Gasteiger partial charge in [0.15, 0.2) is 6.29 Å². The SMILES string of the molecule is CC(=O)NCCCCCC(=O)Nc1cccc(C2OC(CSc3ccccc3C(=O)O)CC(c3ccc(CO)cc3)O2)c1. The topological polar surface area (TPSA) is 134 Å². The zero-order chi connectivity index (χ0) is 30.6. The van der Waals surface area contributed by atoms with Crippen LogP contribution in [0.2, 0.25) is 0 Å². The van der Waals surface area contributed by atoms with Crippen LogP contribution in [0.3, 0.4) is 0 Å². The summed E-state index contributed by atoms with van der Waals surface area (Å²) in [5, 5.41) is 24.8. The van der Waals surface area contributed by atoms with Gasteiger partial charge in [-0.1, -0.05) is 55.0 Å². The van der Waals surface area contributed by atoms with Crippen molar-refractivity contribution in [3.05, 3.63) is 95.1 Å². The number of rotatable bonds is 14. The van der Waals surface area contributed by atoms with Crippen molar-refractivity contribution in [2.24, 2.45) is 0 Å². The summed E-state index contributed by atoms with van der Waals surface area (Å²) in [4.78, 5) is 35.9. The van der Waals surface area contributed by atoms with E-state index >= 15 is 0 Å². The molecular formula is C33H38N2O7S. The van der Waals surface area contributed by atoms with Crippen molar-refractivity contribution in [3.8, 4) is 0 Å². The third kappa shape index (κ3) is 9.93. The number of aliphatic hydroxyl groups is 1. The van der Waals surface area contributed by atoms with Crippen molar-refractivity contribution in [1.29, 1.82) is 0 Å². The lowest BCUT2D eigenvalue weighted by Gasteiger charge is -2.36. The molecule has 0 spiro atoms. The molecule has 43 heavy (non-hydrogen) atoms. The molecule has 3 atom stereocenters. The van der Waals surface area contributed by atoms with Crippen molar-refractivity contribution < 1.29 is 34.1 Å². The van der Waals surface area contributed by atoms with Gasteiger partial charge in [0.2, 0.25) is 11.8 Å². The van der Waals surface area contributed by atoms with Gasteiger partial charge in [0.05, 0.1) is 24.4 Å². The number of carbonyl (C=O) groups excluding carboxylic acids is 2. The Hall–Kier alpha value is -3.70. The predicted molar refractivity (Wildman–Crippen MR) is 165 cm³/mol. The number of anilines is 1. The molecule has 3 aromatic carbocycles. The van der Waals surface area contributed by atoms with Gasteiger partial charge >= 0.3 is 5.97 Å². The molecule has 3 unspecified atom stereocenters. The summed E-state index contributed by atoms with van der Waals surface area (Å²) in [7, 11) is 0. The van der Waals surface area contributed by atoms with E-state index in [1.54, 1.807) is 18.2 Å². The number of unbranched alkanes of at least 4 members (excludes halogenated alkanes) is 2. The van der Waals surface area contributed by atoms with Crippen LogP contribution in [-0.2, 0) is 25.7 Å². The number of ether oxygens (including phenoxy) is 2. The first-order chi connectivity index (χ1) is 20.8. The average Bonchev–Trinajstić information content (AvgIpc) is 3.01. The van der Waals surface area contributed by atoms with Crippen LogP contribution >= 0.6 is 11.8 Å². The second-order valence-corrected chi connectivity index (χ2v) is 11.5. The number of carbonyl (C=O) groups is 3. The maximum absolute atomic E-state index is 12.6. The van der Waals surface area contributed by atoms with E-state index in [9.17, 15) is 24.6 Å². The molecule has 4 rings (SSSR count). The monoisotopic (exact) mass is 606 g/mol. The zero-order valence-electron chi connectivity index (χ0n) is 24.2. The standard InChI is InChI=1S/C33H38N2O7S/c1-22(37)34-17-6-2-3-12-31(38)35-26-9-7-8-25(18-26)33-41-27(21-43-30-11-5-4-10-28(30)32(39)40)19-29(42-33)24-15-13-23(20-36)14-16-24/h4-5,7-11,13-16,18,27,29,33,36H,2-3,6,12,17,19-21H2,1H3,(H,34,37)(H,35,38)(H,39,40). The Kier molecular flexibility index (Phi) is 12.2. The van der Waals surface area contributed by atoms with E-state index in [1.807, 2.05) is 54.6 Å². The van der Waals surface area contributed by atoms with E-state index < -0.39 is 12.3 Å². The third-order valence-electron chi connectivity index (χ3n) is 7.05. The summed E-state index contributed by atoms with van der Waals surface area (Å²) in [6.07, 6.45) is 2.09. The first-order valence-corrected chi connectivity index (χ1v) is 15.4. The molecular weight excluding hydrogens is 568 g/mol. The summed E-state index contributed by atoms with van der Waals surface area (Å²) >= 11 is 1.44. The molecule has 4 N–H and O–H groups in total. The van der Waals surface area contributed by atoms with Crippen LogP contribution in [0.4, 0.5) is 5.69 Å². The molecule has 0 radical (unpaired) electrons. The highest BCUT2D eigenvalue weighted by atomic mass is 32.2. The van der Waals surface area contributed by atoms with Gasteiger partial charge in [0.1, 0.15) is 0 Å². The van der Waals surface area contributed by atoms with E-state index in [2.05, 4.69) is 10.6 Å². The van der Waals surface area contributed by atoms with Gasteiger partial charge in [-0.3, -0.25) is 9.59 Å². The number of aliphatic hydroxyl groups excluding tert-OH is 1. The van der Waals surface area contributed by atoms with Crippen LogP contribution in [0.15, 0.2) is 77.7 Å². The summed E-state index contributed by atoms with van der Waals surface area (Å²) in [6.45, 7) is 2.05. The normalized spacial score (nSPS) is 18.1. The molecule has 2 amide bonds. The zero-order valence-corrected chi connectivity index (χ0v) is 25.0. The van der Waals surface area contributed by atoms with Gasteiger partial charge in [-0.15, -0.1) is 11.8 Å². The molecule has 1 heterocycles. The number of amides is 2. The predicted octanol–water partition coefficient (Wildman–Crippen LogP) is 5.85. The third-order valence-corrected chi connectivity index (χ3v) is 8.26. The Morgan fingerprint density at radius 2 is 1.72 bits per heavy atom. The highest BCUT2D eigenvalue weighted by Gasteiger charge is 2.32. The van der Waals surface area contributed by atoms with Crippen molar-refractivity contribution in [1.82, 2.24) is 5.32 Å². The molecule has 3 aromatic rings. The Morgan fingerprint density at radius 1 is 0.930 bits per heavy atom. The number of aromatic carboxylic acids is 1. The lowest BCUT2D eigenvalue weighted by Crippen LogP contribution is -2.31. The van der Waals surface area contributed by atoms with Crippen molar-refractivity contribution >= 4 is 35.2 Å². The Bertz CT molecular complexity index is 1380. The smallest absolute Gasteiger partial charge is 0.336 e. The van der Waals surface area contributed by atoms with Crippen LogP contribution in [0.1, 0.15) is 78.5 Å². The highest BCUT2D eigenvalue weighted by molar-refractivity contribution is 7.99. The van der Waals surface area contributed by atoms with Gasteiger partial charge in [0, 0.05) is 48.2 Å². The van der Waals surface area contributed by atoms with E-state index in [0.29, 0.717) is 35.7 Å². The number of carboxylic acid groups (broad SMARTS) is 1. The second kappa shape index (κ2) is 16.2. The quantitative estimate of drug-likeness (QED) is 0.133. The fourth-order valence-electron chi connectivity index (χ4n) is 4.81. The van der Waals surface area contributed by atoms with E-state index in [0.717, 1.165) is 36.0 Å². The van der Waals surface area contributed by atoms with Crippen LogP contribution in [0.25, 0.3) is 0 Å². The minimum atomic E-state index is -0.973. The summed E-state index contributed by atoms with van der Waals surface area (Å²) in [5.41, 5.74) is 3.41. The minimum Gasteiger partial charge on any atom is -0.478 e. The van der Waals surface area contributed by atoms with Crippen LogP contribution in [0.5, 0.6) is 0 Å². The van der Waals surface area contributed by atoms with Crippen molar-refractivity contribution in [2.45, 2.75) is 69.0 Å². The maximum Gasteiger partial charge on any atom is 0.336 e. The fraction of sp³-hybridized carbons (Fsp3) is 0.364. The van der Waals surface area contributed by atoms with Gasteiger partial charge in [-0.05, 0) is 48.2 Å². The molecule has 1 aliphatic rings. The molecule has 10 heteroatoms. The first kappa shape index (κ1) is 32.2. The molecule has 1 saturated heterocycles. The lowest BCUT2D eigenvalue weighted by atomic mass is 10.0. The number of nitrogens with one attached hydrogen (secondary N) is 2. The number of thioether (sulfide) groups is 1. The Balaban J connectivity index is 1.43. The second-order valence-electron chi connectivity index (χ2n) is 10.4. The van der Waals surface area contributed by atoms with Gasteiger partial charge in [-0.25, -0.2) is 4.79 Å². The van der Waals surface area contributed by atoms with E-state index in [1.165, 1.54) is 18.7 Å². The number of hydrogen-bond donors (Lipinski definition) is 4. The molecule has 1 aliphatic heterocycles.